The summed E-state index contributed by atoms with van der Waals surface area (Å²) in [5, 5.41) is 10.1. The van der Waals surface area contributed by atoms with E-state index in [4.69, 9.17) is 4.42 Å². The van der Waals surface area contributed by atoms with Crippen molar-refractivity contribution in [2.45, 2.75) is 19.4 Å². The standard InChI is InChI=1S/C13H13FO2/c1-2-12-11(6-7-16-12)13(15)9-4-3-5-10(14)8-9/h3-8,13,15H,2H2,1H3. The van der Waals surface area contributed by atoms with Gasteiger partial charge in [-0.3, -0.25) is 0 Å². The number of halogens is 1. The van der Waals surface area contributed by atoms with Crippen LogP contribution in [-0.2, 0) is 6.42 Å². The molecule has 1 atom stereocenters. The van der Waals surface area contributed by atoms with Crippen molar-refractivity contribution in [1.29, 1.82) is 0 Å². The summed E-state index contributed by atoms with van der Waals surface area (Å²) in [5.74, 6) is 0.384. The Labute approximate surface area is 93.3 Å². The normalized spacial score (nSPS) is 12.7. The monoisotopic (exact) mass is 220 g/mol. The Bertz CT molecular complexity index is 476. The quantitative estimate of drug-likeness (QED) is 0.862. The third-order valence-electron chi connectivity index (χ3n) is 2.56. The van der Waals surface area contributed by atoms with Crippen LogP contribution in [0, 0.1) is 5.82 Å². The first-order chi connectivity index (χ1) is 7.72. The number of furan rings is 1. The third kappa shape index (κ3) is 1.99. The molecule has 3 heteroatoms. The lowest BCUT2D eigenvalue weighted by Gasteiger charge is -2.10. The second-order valence-corrected chi connectivity index (χ2v) is 3.61. The summed E-state index contributed by atoms with van der Waals surface area (Å²) in [6.07, 6.45) is 1.41. The number of rotatable bonds is 3. The van der Waals surface area contributed by atoms with E-state index in [0.717, 1.165) is 5.76 Å². The van der Waals surface area contributed by atoms with Gasteiger partial charge in [-0.2, -0.15) is 0 Å². The van der Waals surface area contributed by atoms with Gasteiger partial charge in [0.25, 0.3) is 0 Å². The molecule has 1 heterocycles. The molecule has 0 aliphatic heterocycles. The van der Waals surface area contributed by atoms with Crippen LogP contribution in [0.3, 0.4) is 0 Å². The highest BCUT2D eigenvalue weighted by atomic mass is 19.1. The third-order valence-corrected chi connectivity index (χ3v) is 2.56. The van der Waals surface area contributed by atoms with Gasteiger partial charge in [-0.25, -0.2) is 4.39 Å². The first-order valence-corrected chi connectivity index (χ1v) is 5.22. The van der Waals surface area contributed by atoms with Crippen molar-refractivity contribution in [2.75, 3.05) is 0 Å². The lowest BCUT2D eigenvalue weighted by Crippen LogP contribution is -2.01. The summed E-state index contributed by atoms with van der Waals surface area (Å²) in [7, 11) is 0. The summed E-state index contributed by atoms with van der Waals surface area (Å²) < 4.78 is 18.2. The largest absolute Gasteiger partial charge is 0.469 e. The van der Waals surface area contributed by atoms with Gasteiger partial charge in [-0.15, -0.1) is 0 Å². The highest BCUT2D eigenvalue weighted by Crippen LogP contribution is 2.26. The molecule has 0 fully saturated rings. The Kier molecular flexibility index (Phi) is 3.06. The molecule has 84 valence electrons. The molecule has 2 aromatic rings. The van der Waals surface area contributed by atoms with Crippen molar-refractivity contribution in [3.05, 3.63) is 59.3 Å². The van der Waals surface area contributed by atoms with E-state index in [1.165, 1.54) is 18.4 Å². The van der Waals surface area contributed by atoms with Gasteiger partial charge in [0.15, 0.2) is 0 Å². The topological polar surface area (TPSA) is 33.4 Å². The maximum absolute atomic E-state index is 13.0. The van der Waals surface area contributed by atoms with E-state index in [1.807, 2.05) is 6.92 Å². The molecular weight excluding hydrogens is 207 g/mol. The van der Waals surface area contributed by atoms with E-state index in [0.29, 0.717) is 17.5 Å². The molecule has 0 amide bonds. The molecule has 16 heavy (non-hydrogen) atoms. The SMILES string of the molecule is CCc1occc1C(O)c1cccc(F)c1. The van der Waals surface area contributed by atoms with Gasteiger partial charge in [-0.05, 0) is 23.8 Å². The summed E-state index contributed by atoms with van der Waals surface area (Å²) in [6.45, 7) is 1.95. The average molecular weight is 220 g/mol. The molecule has 1 unspecified atom stereocenters. The van der Waals surface area contributed by atoms with Crippen molar-refractivity contribution in [2.24, 2.45) is 0 Å². The Hall–Kier alpha value is -1.61. The van der Waals surface area contributed by atoms with Crippen LogP contribution in [0.4, 0.5) is 4.39 Å². The lowest BCUT2D eigenvalue weighted by atomic mass is 10.0. The van der Waals surface area contributed by atoms with Gasteiger partial charge >= 0.3 is 0 Å². The predicted molar refractivity (Wildman–Crippen MR) is 58.5 cm³/mol. The van der Waals surface area contributed by atoms with E-state index in [-0.39, 0.29) is 5.82 Å². The van der Waals surface area contributed by atoms with Crippen LogP contribution in [0.25, 0.3) is 0 Å². The van der Waals surface area contributed by atoms with Gasteiger partial charge in [0, 0.05) is 12.0 Å². The Morgan fingerprint density at radius 3 is 2.88 bits per heavy atom. The number of hydrogen-bond acceptors (Lipinski definition) is 2. The molecule has 2 nitrogen and oxygen atoms in total. The van der Waals surface area contributed by atoms with Crippen LogP contribution in [0.1, 0.15) is 29.9 Å². The maximum atomic E-state index is 13.0. The fraction of sp³-hybridized carbons (Fsp3) is 0.231. The van der Waals surface area contributed by atoms with E-state index in [2.05, 4.69) is 0 Å². The number of aliphatic hydroxyl groups excluding tert-OH is 1. The second kappa shape index (κ2) is 4.49. The van der Waals surface area contributed by atoms with Gasteiger partial charge in [0.05, 0.1) is 6.26 Å². The number of aliphatic hydroxyl groups is 1. The average Bonchev–Trinajstić information content (AvgIpc) is 2.76. The Morgan fingerprint density at radius 1 is 1.38 bits per heavy atom. The highest BCUT2D eigenvalue weighted by Gasteiger charge is 2.16. The highest BCUT2D eigenvalue weighted by molar-refractivity contribution is 5.31. The smallest absolute Gasteiger partial charge is 0.123 e. The number of aryl methyl sites for hydroxylation is 1. The molecule has 0 aliphatic carbocycles. The number of benzene rings is 1. The molecular formula is C13H13FO2. The minimum Gasteiger partial charge on any atom is -0.469 e. The van der Waals surface area contributed by atoms with Crippen molar-refractivity contribution in [1.82, 2.24) is 0 Å². The van der Waals surface area contributed by atoms with Crippen LogP contribution in [0.2, 0.25) is 0 Å². The molecule has 0 bridgehead atoms. The van der Waals surface area contributed by atoms with Gasteiger partial charge in [0.1, 0.15) is 17.7 Å². The minimum atomic E-state index is -0.829. The summed E-state index contributed by atoms with van der Waals surface area (Å²) in [5.41, 5.74) is 1.24. The molecule has 2 rings (SSSR count). The molecule has 1 aromatic heterocycles. The van der Waals surface area contributed by atoms with Crippen LogP contribution >= 0.6 is 0 Å². The van der Waals surface area contributed by atoms with Gasteiger partial charge < -0.3 is 9.52 Å². The zero-order chi connectivity index (χ0) is 11.5. The predicted octanol–water partition coefficient (Wildman–Crippen LogP) is 3.06. The molecule has 0 aliphatic rings. The Morgan fingerprint density at radius 2 is 2.19 bits per heavy atom. The van der Waals surface area contributed by atoms with E-state index >= 15 is 0 Å². The van der Waals surface area contributed by atoms with E-state index < -0.39 is 6.10 Å². The lowest BCUT2D eigenvalue weighted by molar-refractivity contribution is 0.217. The Balaban J connectivity index is 2.35. The molecule has 0 radical (unpaired) electrons. The van der Waals surface area contributed by atoms with E-state index in [9.17, 15) is 9.50 Å². The fourth-order valence-electron chi connectivity index (χ4n) is 1.74. The van der Waals surface area contributed by atoms with Crippen LogP contribution in [0.15, 0.2) is 41.0 Å². The van der Waals surface area contributed by atoms with E-state index in [1.54, 1.807) is 18.2 Å². The first-order valence-electron chi connectivity index (χ1n) is 5.22. The van der Waals surface area contributed by atoms with Crippen LogP contribution in [-0.4, -0.2) is 5.11 Å². The second-order valence-electron chi connectivity index (χ2n) is 3.61. The molecule has 1 N–H and O–H groups in total. The van der Waals surface area contributed by atoms with Crippen molar-refractivity contribution < 1.29 is 13.9 Å². The minimum absolute atomic E-state index is 0.349. The van der Waals surface area contributed by atoms with Gasteiger partial charge in [0.2, 0.25) is 0 Å². The summed E-state index contributed by atoms with van der Waals surface area (Å²) >= 11 is 0. The molecule has 0 saturated carbocycles. The van der Waals surface area contributed by atoms with Crippen molar-refractivity contribution >= 4 is 0 Å². The number of hydrogen-bond donors (Lipinski definition) is 1. The molecule has 0 spiro atoms. The van der Waals surface area contributed by atoms with Gasteiger partial charge in [-0.1, -0.05) is 19.1 Å². The van der Waals surface area contributed by atoms with Crippen LogP contribution < -0.4 is 0 Å². The van der Waals surface area contributed by atoms with Crippen LogP contribution in [0.5, 0.6) is 0 Å². The van der Waals surface area contributed by atoms with Crippen molar-refractivity contribution in [3.8, 4) is 0 Å². The first kappa shape index (κ1) is 10.9. The summed E-state index contributed by atoms with van der Waals surface area (Å²) in [6, 6.07) is 7.68. The summed E-state index contributed by atoms with van der Waals surface area (Å²) in [4.78, 5) is 0. The van der Waals surface area contributed by atoms with Crippen molar-refractivity contribution in [3.63, 3.8) is 0 Å². The zero-order valence-corrected chi connectivity index (χ0v) is 8.98. The molecule has 1 aromatic carbocycles. The zero-order valence-electron chi connectivity index (χ0n) is 8.98. The maximum Gasteiger partial charge on any atom is 0.123 e. The fourth-order valence-corrected chi connectivity index (χ4v) is 1.74. The molecule has 0 saturated heterocycles.